The highest BCUT2D eigenvalue weighted by atomic mass is 35.5. The van der Waals surface area contributed by atoms with Crippen molar-refractivity contribution in [2.24, 2.45) is 0 Å². The van der Waals surface area contributed by atoms with Gasteiger partial charge in [-0.05, 0) is 48.9 Å². The Kier molecular flexibility index (Phi) is 5.05. The molecule has 0 bridgehead atoms. The maximum atomic E-state index is 13.0. The highest BCUT2D eigenvalue weighted by Crippen LogP contribution is 2.42. The number of hydrogen-bond acceptors (Lipinski definition) is 6. The lowest BCUT2D eigenvalue weighted by atomic mass is 9.95. The van der Waals surface area contributed by atoms with E-state index in [9.17, 15) is 14.7 Å². The zero-order chi connectivity index (χ0) is 21.4. The number of rotatable bonds is 4. The maximum absolute atomic E-state index is 13.0. The normalized spacial score (nSPS) is 18.1. The van der Waals surface area contributed by atoms with Crippen molar-refractivity contribution in [2.45, 2.75) is 13.0 Å². The van der Waals surface area contributed by atoms with E-state index in [1.807, 2.05) is 0 Å². The van der Waals surface area contributed by atoms with E-state index in [0.29, 0.717) is 27.7 Å². The minimum Gasteiger partial charge on any atom is -0.507 e. The smallest absolute Gasteiger partial charge is 0.301 e. The van der Waals surface area contributed by atoms with Crippen molar-refractivity contribution >= 4 is 34.9 Å². The van der Waals surface area contributed by atoms with Crippen LogP contribution in [-0.4, -0.2) is 29.1 Å². The summed E-state index contributed by atoms with van der Waals surface area (Å²) < 4.78 is 10.4. The number of carbonyl (C=O) groups excluding carboxylic acids is 2. The van der Waals surface area contributed by atoms with Gasteiger partial charge in [0.1, 0.15) is 17.3 Å². The lowest BCUT2D eigenvalue weighted by Crippen LogP contribution is -2.29. The van der Waals surface area contributed by atoms with Gasteiger partial charge >= 0.3 is 5.91 Å². The minimum atomic E-state index is -0.916. The number of nitrogens with zero attached hydrogens (tertiary/aromatic N) is 2. The van der Waals surface area contributed by atoms with Gasteiger partial charge in [0, 0.05) is 16.7 Å². The van der Waals surface area contributed by atoms with Gasteiger partial charge in [0.25, 0.3) is 5.78 Å². The van der Waals surface area contributed by atoms with E-state index in [2.05, 4.69) is 5.16 Å². The Balaban J connectivity index is 1.95. The first-order valence-corrected chi connectivity index (χ1v) is 9.42. The topological polar surface area (TPSA) is 92.9 Å². The number of carbonyl (C=O) groups is 2. The Bertz CT molecular complexity index is 1170. The molecular weight excluding hydrogens is 408 g/mol. The molecule has 0 radical (unpaired) electrons. The van der Waals surface area contributed by atoms with Gasteiger partial charge in [-0.25, -0.2) is 0 Å². The molecule has 1 N–H and O–H groups in total. The number of amides is 1. The number of ether oxygens (including phenoxy) is 1. The molecule has 30 heavy (non-hydrogen) atoms. The monoisotopic (exact) mass is 424 g/mol. The average Bonchev–Trinajstić information content (AvgIpc) is 3.29. The number of halogens is 1. The fourth-order valence-electron chi connectivity index (χ4n) is 3.43. The van der Waals surface area contributed by atoms with E-state index in [-0.39, 0.29) is 17.2 Å². The molecule has 1 aromatic heterocycles. The summed E-state index contributed by atoms with van der Waals surface area (Å²) in [6.07, 6.45) is 0. The van der Waals surface area contributed by atoms with Crippen LogP contribution in [0.3, 0.4) is 0 Å². The first-order valence-electron chi connectivity index (χ1n) is 9.05. The van der Waals surface area contributed by atoms with Gasteiger partial charge in [-0.1, -0.05) is 28.9 Å². The molecular formula is C22H17ClN2O5. The molecule has 7 nitrogen and oxygen atoms in total. The summed E-state index contributed by atoms with van der Waals surface area (Å²) in [7, 11) is 1.52. The van der Waals surface area contributed by atoms with Gasteiger partial charge in [-0.3, -0.25) is 14.5 Å². The number of benzene rings is 2. The fraction of sp³-hybridized carbons (Fsp3) is 0.136. The van der Waals surface area contributed by atoms with Gasteiger partial charge in [0.15, 0.2) is 5.82 Å². The third-order valence-electron chi connectivity index (χ3n) is 4.83. The SMILES string of the molecule is COc1cccc([C@H]2C(=C(O)c3ccc(Cl)cc3)C(=O)C(=O)N2c2cc(C)on2)c1. The molecule has 8 heteroatoms. The van der Waals surface area contributed by atoms with Gasteiger partial charge < -0.3 is 14.4 Å². The number of aryl methyl sites for hydroxylation is 1. The van der Waals surface area contributed by atoms with Crippen molar-refractivity contribution in [1.29, 1.82) is 0 Å². The summed E-state index contributed by atoms with van der Waals surface area (Å²) in [6, 6.07) is 13.9. The molecule has 3 aromatic rings. The van der Waals surface area contributed by atoms with Crippen molar-refractivity contribution in [3.05, 3.63) is 82.1 Å². The first-order chi connectivity index (χ1) is 14.4. The van der Waals surface area contributed by atoms with Crippen LogP contribution in [0, 0.1) is 6.92 Å². The third kappa shape index (κ3) is 3.33. The predicted molar refractivity (Wildman–Crippen MR) is 110 cm³/mol. The Morgan fingerprint density at radius 3 is 2.53 bits per heavy atom. The molecule has 1 aliphatic rings. The second-order valence-corrected chi connectivity index (χ2v) is 7.18. The molecule has 0 saturated carbocycles. The Labute approximate surface area is 177 Å². The van der Waals surface area contributed by atoms with Crippen LogP contribution in [0.25, 0.3) is 5.76 Å². The number of aliphatic hydroxyl groups excluding tert-OH is 1. The van der Waals surface area contributed by atoms with E-state index < -0.39 is 17.7 Å². The van der Waals surface area contributed by atoms with Gasteiger partial charge in [0.2, 0.25) is 0 Å². The molecule has 4 rings (SSSR count). The highest BCUT2D eigenvalue weighted by molar-refractivity contribution is 6.51. The van der Waals surface area contributed by atoms with Crippen LogP contribution in [0.15, 0.2) is 64.7 Å². The molecule has 1 amide bonds. The quantitative estimate of drug-likeness (QED) is 0.382. The number of aliphatic hydroxyl groups is 1. The largest absolute Gasteiger partial charge is 0.507 e. The van der Waals surface area contributed by atoms with E-state index >= 15 is 0 Å². The lowest BCUT2D eigenvalue weighted by Gasteiger charge is -2.23. The zero-order valence-electron chi connectivity index (χ0n) is 16.1. The Hall–Kier alpha value is -3.58. The Morgan fingerprint density at radius 2 is 1.90 bits per heavy atom. The van der Waals surface area contributed by atoms with Crippen LogP contribution in [0.4, 0.5) is 5.82 Å². The first kappa shape index (κ1) is 19.7. The Morgan fingerprint density at radius 1 is 1.17 bits per heavy atom. The molecule has 1 aliphatic heterocycles. The van der Waals surface area contributed by atoms with Gasteiger partial charge in [0.05, 0.1) is 18.7 Å². The molecule has 2 aromatic carbocycles. The van der Waals surface area contributed by atoms with Crippen LogP contribution >= 0.6 is 11.6 Å². The van der Waals surface area contributed by atoms with E-state index in [1.165, 1.54) is 12.0 Å². The average molecular weight is 425 g/mol. The lowest BCUT2D eigenvalue weighted by molar-refractivity contribution is -0.132. The minimum absolute atomic E-state index is 0.0590. The van der Waals surface area contributed by atoms with Crippen molar-refractivity contribution in [2.75, 3.05) is 12.0 Å². The zero-order valence-corrected chi connectivity index (χ0v) is 16.9. The standard InChI is InChI=1S/C22H17ClN2O5/c1-12-10-17(24-30-12)25-19(14-4-3-5-16(11-14)29-2)18(21(27)22(25)28)20(26)13-6-8-15(23)9-7-13/h3-11,19,26H,1-2H3/t19-/m0/s1. The van der Waals surface area contributed by atoms with E-state index in [0.717, 1.165) is 0 Å². The molecule has 0 spiro atoms. The molecule has 1 atom stereocenters. The summed E-state index contributed by atoms with van der Waals surface area (Å²) in [5.74, 6) is -0.740. The second kappa shape index (κ2) is 7.68. The number of methoxy groups -OCH3 is 1. The summed E-state index contributed by atoms with van der Waals surface area (Å²) in [6.45, 7) is 1.68. The third-order valence-corrected chi connectivity index (χ3v) is 5.09. The molecule has 0 aliphatic carbocycles. The predicted octanol–water partition coefficient (Wildman–Crippen LogP) is 4.27. The number of Topliss-reactive ketones (excluding diaryl/α,β-unsaturated/α-hetero) is 1. The summed E-state index contributed by atoms with van der Waals surface area (Å²) in [4.78, 5) is 27.2. The van der Waals surface area contributed by atoms with Gasteiger partial charge in [-0.15, -0.1) is 0 Å². The van der Waals surface area contributed by atoms with Crippen molar-refractivity contribution in [3.8, 4) is 5.75 Å². The molecule has 2 heterocycles. The van der Waals surface area contributed by atoms with Crippen LogP contribution in [0.1, 0.15) is 22.9 Å². The highest BCUT2D eigenvalue weighted by Gasteiger charge is 2.48. The number of anilines is 1. The fourth-order valence-corrected chi connectivity index (χ4v) is 3.55. The van der Waals surface area contributed by atoms with E-state index in [4.69, 9.17) is 20.9 Å². The molecule has 1 saturated heterocycles. The summed E-state index contributed by atoms with van der Waals surface area (Å²) >= 11 is 5.93. The summed E-state index contributed by atoms with van der Waals surface area (Å²) in [5, 5.41) is 15.4. The van der Waals surface area contributed by atoms with Crippen LogP contribution in [0.2, 0.25) is 5.02 Å². The van der Waals surface area contributed by atoms with E-state index in [1.54, 1.807) is 61.5 Å². The van der Waals surface area contributed by atoms with Crippen LogP contribution < -0.4 is 9.64 Å². The number of aromatic nitrogens is 1. The second-order valence-electron chi connectivity index (χ2n) is 6.75. The number of ketones is 1. The molecule has 1 fully saturated rings. The number of hydrogen-bond donors (Lipinski definition) is 1. The van der Waals surface area contributed by atoms with Crippen LogP contribution in [0.5, 0.6) is 5.75 Å². The van der Waals surface area contributed by atoms with Crippen molar-refractivity contribution < 1.29 is 24.0 Å². The molecule has 0 unspecified atom stereocenters. The van der Waals surface area contributed by atoms with Crippen molar-refractivity contribution in [1.82, 2.24) is 5.16 Å². The van der Waals surface area contributed by atoms with Crippen molar-refractivity contribution in [3.63, 3.8) is 0 Å². The van der Waals surface area contributed by atoms with Crippen LogP contribution in [-0.2, 0) is 9.59 Å². The molecule has 152 valence electrons. The van der Waals surface area contributed by atoms with Gasteiger partial charge in [-0.2, -0.15) is 0 Å². The maximum Gasteiger partial charge on any atom is 0.301 e. The summed E-state index contributed by atoms with van der Waals surface area (Å²) in [5.41, 5.74) is 0.877.